The third-order valence-corrected chi connectivity index (χ3v) is 5.54. The van der Waals surface area contributed by atoms with Gasteiger partial charge in [-0.2, -0.15) is 4.68 Å². The van der Waals surface area contributed by atoms with Crippen LogP contribution in [0.5, 0.6) is 0 Å². The Labute approximate surface area is 146 Å². The molecule has 0 aliphatic carbocycles. The van der Waals surface area contributed by atoms with E-state index in [1.807, 2.05) is 42.2 Å². The topological polar surface area (TPSA) is 63.9 Å². The zero-order chi connectivity index (χ0) is 17.1. The van der Waals surface area contributed by atoms with Gasteiger partial charge in [-0.05, 0) is 62.6 Å². The van der Waals surface area contributed by atoms with Crippen molar-refractivity contribution in [1.82, 2.24) is 25.1 Å². The first-order valence-corrected chi connectivity index (χ1v) is 9.28. The normalized spacial score (nSPS) is 22.4. The van der Waals surface area contributed by atoms with Crippen LogP contribution in [0.25, 0.3) is 5.69 Å². The molecule has 3 rings (SSSR count). The lowest BCUT2D eigenvalue weighted by Gasteiger charge is -2.40. The molecule has 2 heterocycles. The van der Waals surface area contributed by atoms with Crippen LogP contribution in [0, 0.1) is 0 Å². The highest BCUT2D eigenvalue weighted by molar-refractivity contribution is 8.00. The first-order valence-electron chi connectivity index (χ1n) is 8.40. The summed E-state index contributed by atoms with van der Waals surface area (Å²) in [4.78, 5) is 15.0. The quantitative estimate of drug-likeness (QED) is 0.797. The number of benzene rings is 1. The Balaban J connectivity index is 1.75. The molecule has 0 unspecified atom stereocenters. The van der Waals surface area contributed by atoms with Crippen LogP contribution in [-0.4, -0.2) is 48.3 Å². The molecule has 7 heteroatoms. The molecule has 1 saturated heterocycles. The van der Waals surface area contributed by atoms with Crippen molar-refractivity contribution < 1.29 is 4.79 Å². The molecule has 2 aromatic rings. The monoisotopic (exact) mass is 345 g/mol. The molecule has 1 amide bonds. The van der Waals surface area contributed by atoms with E-state index >= 15 is 0 Å². The van der Waals surface area contributed by atoms with Gasteiger partial charge >= 0.3 is 0 Å². The minimum Gasteiger partial charge on any atom is -0.336 e. The van der Waals surface area contributed by atoms with Gasteiger partial charge in [0.1, 0.15) is 0 Å². The lowest BCUT2D eigenvalue weighted by Crippen LogP contribution is -2.50. The van der Waals surface area contributed by atoms with Crippen LogP contribution in [0.2, 0.25) is 0 Å². The van der Waals surface area contributed by atoms with Gasteiger partial charge < -0.3 is 4.90 Å². The molecule has 0 N–H and O–H groups in total. The molecule has 1 fully saturated rings. The molecule has 1 aromatic heterocycles. The van der Waals surface area contributed by atoms with Crippen LogP contribution < -0.4 is 0 Å². The summed E-state index contributed by atoms with van der Waals surface area (Å²) in [6, 6.07) is 10.3. The Morgan fingerprint density at radius 1 is 1.21 bits per heavy atom. The molecular weight excluding hydrogens is 322 g/mol. The SMILES string of the molecule is C[C@@H](Sc1nnnn1-c1ccccc1)C(=O)N1[C@@H](C)CCC[C@@H]1C. The number of tetrazole rings is 1. The lowest BCUT2D eigenvalue weighted by atomic mass is 9.97. The molecule has 128 valence electrons. The molecule has 24 heavy (non-hydrogen) atoms. The molecule has 1 aliphatic heterocycles. The van der Waals surface area contributed by atoms with Crippen molar-refractivity contribution in [2.24, 2.45) is 0 Å². The molecule has 0 spiro atoms. The molecule has 0 bridgehead atoms. The van der Waals surface area contributed by atoms with Crippen molar-refractivity contribution in [3.63, 3.8) is 0 Å². The highest BCUT2D eigenvalue weighted by Crippen LogP contribution is 2.29. The highest BCUT2D eigenvalue weighted by Gasteiger charge is 2.32. The van der Waals surface area contributed by atoms with Gasteiger partial charge in [-0.1, -0.05) is 30.0 Å². The van der Waals surface area contributed by atoms with Gasteiger partial charge in [-0.25, -0.2) is 0 Å². The van der Waals surface area contributed by atoms with E-state index in [1.54, 1.807) is 4.68 Å². The van der Waals surface area contributed by atoms with Gasteiger partial charge in [-0.15, -0.1) is 5.10 Å². The first kappa shape index (κ1) is 17.0. The molecule has 6 nitrogen and oxygen atoms in total. The average Bonchev–Trinajstić information content (AvgIpc) is 3.03. The molecule has 1 aromatic carbocycles. The summed E-state index contributed by atoms with van der Waals surface area (Å²) in [5, 5.41) is 12.3. The summed E-state index contributed by atoms with van der Waals surface area (Å²) in [6.07, 6.45) is 3.35. The van der Waals surface area contributed by atoms with E-state index in [4.69, 9.17) is 0 Å². The number of hydrogen-bond acceptors (Lipinski definition) is 5. The maximum absolute atomic E-state index is 12.9. The van der Waals surface area contributed by atoms with E-state index in [2.05, 4.69) is 29.4 Å². The van der Waals surface area contributed by atoms with E-state index in [0.29, 0.717) is 17.2 Å². The zero-order valence-corrected chi connectivity index (χ0v) is 15.1. The Hall–Kier alpha value is -1.89. The predicted octanol–water partition coefficient (Wildman–Crippen LogP) is 2.93. The van der Waals surface area contributed by atoms with Crippen LogP contribution in [0.1, 0.15) is 40.0 Å². The van der Waals surface area contributed by atoms with Crippen LogP contribution in [-0.2, 0) is 4.79 Å². The number of piperidine rings is 1. The largest absolute Gasteiger partial charge is 0.336 e. The van der Waals surface area contributed by atoms with Crippen molar-refractivity contribution >= 4 is 17.7 Å². The molecule has 3 atom stereocenters. The van der Waals surface area contributed by atoms with Gasteiger partial charge in [0.2, 0.25) is 11.1 Å². The fourth-order valence-corrected chi connectivity index (χ4v) is 4.12. The minimum atomic E-state index is -0.221. The number of amides is 1. The summed E-state index contributed by atoms with van der Waals surface area (Å²) >= 11 is 1.41. The van der Waals surface area contributed by atoms with Gasteiger partial charge in [0.05, 0.1) is 10.9 Å². The lowest BCUT2D eigenvalue weighted by molar-refractivity contribution is -0.136. The van der Waals surface area contributed by atoms with E-state index in [-0.39, 0.29) is 11.2 Å². The predicted molar refractivity (Wildman–Crippen MR) is 94.1 cm³/mol. The second-order valence-corrected chi connectivity index (χ2v) is 7.65. The number of likely N-dealkylation sites (tertiary alicyclic amines) is 1. The fourth-order valence-electron chi connectivity index (χ4n) is 3.26. The number of carbonyl (C=O) groups excluding carboxylic acids is 1. The number of thioether (sulfide) groups is 1. The third-order valence-electron chi connectivity index (χ3n) is 4.52. The second-order valence-electron chi connectivity index (χ2n) is 6.34. The van der Waals surface area contributed by atoms with Crippen molar-refractivity contribution in [2.75, 3.05) is 0 Å². The number of nitrogens with zero attached hydrogens (tertiary/aromatic N) is 5. The van der Waals surface area contributed by atoms with Crippen molar-refractivity contribution in [2.45, 2.75) is 62.5 Å². The van der Waals surface area contributed by atoms with Crippen LogP contribution in [0.4, 0.5) is 0 Å². The fraction of sp³-hybridized carbons (Fsp3) is 0.529. The van der Waals surface area contributed by atoms with Gasteiger partial charge in [0, 0.05) is 12.1 Å². The Bertz CT molecular complexity index is 679. The summed E-state index contributed by atoms with van der Waals surface area (Å²) in [7, 11) is 0. The van der Waals surface area contributed by atoms with Crippen molar-refractivity contribution in [3.8, 4) is 5.69 Å². The summed E-state index contributed by atoms with van der Waals surface area (Å²) in [5.41, 5.74) is 0.893. The standard InChI is InChI=1S/C17H23N5OS/c1-12-8-7-9-13(2)21(12)16(23)14(3)24-17-18-19-20-22(17)15-10-5-4-6-11-15/h4-6,10-14H,7-9H2,1-3H3/t12-,13-,14+/m0/s1. The maximum Gasteiger partial charge on any atom is 0.236 e. The van der Waals surface area contributed by atoms with Crippen LogP contribution in [0.3, 0.4) is 0 Å². The smallest absolute Gasteiger partial charge is 0.236 e. The van der Waals surface area contributed by atoms with E-state index < -0.39 is 0 Å². The van der Waals surface area contributed by atoms with Crippen molar-refractivity contribution in [3.05, 3.63) is 30.3 Å². The number of hydrogen-bond donors (Lipinski definition) is 0. The molecule has 1 aliphatic rings. The van der Waals surface area contributed by atoms with Crippen LogP contribution in [0.15, 0.2) is 35.5 Å². The van der Waals surface area contributed by atoms with Crippen LogP contribution >= 0.6 is 11.8 Å². The summed E-state index contributed by atoms with van der Waals surface area (Å²) in [5.74, 6) is 0.169. The summed E-state index contributed by atoms with van der Waals surface area (Å²) in [6.45, 7) is 6.21. The van der Waals surface area contributed by atoms with Gasteiger partial charge in [0.25, 0.3) is 0 Å². The number of aromatic nitrogens is 4. The number of rotatable bonds is 4. The van der Waals surface area contributed by atoms with E-state index in [0.717, 1.165) is 18.5 Å². The maximum atomic E-state index is 12.9. The van der Waals surface area contributed by atoms with Crippen molar-refractivity contribution in [1.29, 1.82) is 0 Å². The Morgan fingerprint density at radius 2 is 1.88 bits per heavy atom. The molecular formula is C17H23N5OS. The number of carbonyl (C=O) groups is 1. The van der Waals surface area contributed by atoms with Gasteiger partial charge in [-0.3, -0.25) is 4.79 Å². The molecule has 0 radical (unpaired) electrons. The number of para-hydroxylation sites is 1. The second kappa shape index (κ2) is 7.34. The summed E-state index contributed by atoms with van der Waals surface area (Å²) < 4.78 is 1.68. The highest BCUT2D eigenvalue weighted by atomic mass is 32.2. The van der Waals surface area contributed by atoms with E-state index in [9.17, 15) is 4.79 Å². The Kier molecular flexibility index (Phi) is 5.18. The Morgan fingerprint density at radius 3 is 2.54 bits per heavy atom. The molecule has 0 saturated carbocycles. The first-order chi connectivity index (χ1) is 11.6. The average molecular weight is 345 g/mol. The third kappa shape index (κ3) is 3.45. The van der Waals surface area contributed by atoms with Gasteiger partial charge in [0.15, 0.2) is 0 Å². The minimum absolute atomic E-state index is 0.169. The zero-order valence-electron chi connectivity index (χ0n) is 14.3. The van der Waals surface area contributed by atoms with E-state index in [1.165, 1.54) is 18.2 Å².